The van der Waals surface area contributed by atoms with Crippen molar-refractivity contribution in [2.24, 2.45) is 0 Å². The minimum absolute atomic E-state index is 0.139. The first-order chi connectivity index (χ1) is 9.35. The number of anilines is 1. The van der Waals surface area contributed by atoms with E-state index in [1.807, 2.05) is 0 Å². The van der Waals surface area contributed by atoms with E-state index < -0.39 is 17.9 Å². The SMILES string of the molecule is COC(=O)c1ccc(NC(=O)[C@H](C)NC(C)=O)c(O)c1. The lowest BCUT2D eigenvalue weighted by molar-refractivity contribution is -0.124. The summed E-state index contributed by atoms with van der Waals surface area (Å²) in [6.45, 7) is 2.81. The Bertz CT molecular complexity index is 542. The Morgan fingerprint density at radius 2 is 1.95 bits per heavy atom. The number of hydrogen-bond donors (Lipinski definition) is 3. The summed E-state index contributed by atoms with van der Waals surface area (Å²) in [5, 5.41) is 14.6. The zero-order valence-electron chi connectivity index (χ0n) is 11.4. The van der Waals surface area contributed by atoms with E-state index in [4.69, 9.17) is 0 Å². The molecule has 1 atom stereocenters. The maximum atomic E-state index is 11.7. The van der Waals surface area contributed by atoms with E-state index in [9.17, 15) is 19.5 Å². The molecule has 2 amide bonds. The van der Waals surface area contributed by atoms with Crippen LogP contribution in [0.1, 0.15) is 24.2 Å². The van der Waals surface area contributed by atoms with E-state index in [-0.39, 0.29) is 22.9 Å². The van der Waals surface area contributed by atoms with E-state index >= 15 is 0 Å². The van der Waals surface area contributed by atoms with Gasteiger partial charge in [0.25, 0.3) is 0 Å². The molecular weight excluding hydrogens is 264 g/mol. The zero-order chi connectivity index (χ0) is 15.3. The molecular formula is C13H16N2O5. The van der Waals surface area contributed by atoms with Crippen molar-refractivity contribution in [2.75, 3.05) is 12.4 Å². The van der Waals surface area contributed by atoms with Gasteiger partial charge < -0.3 is 20.5 Å². The van der Waals surface area contributed by atoms with Gasteiger partial charge in [-0.2, -0.15) is 0 Å². The highest BCUT2D eigenvalue weighted by Gasteiger charge is 2.16. The van der Waals surface area contributed by atoms with Gasteiger partial charge in [-0.05, 0) is 25.1 Å². The summed E-state index contributed by atoms with van der Waals surface area (Å²) in [4.78, 5) is 33.8. The third-order valence-electron chi connectivity index (χ3n) is 2.49. The fourth-order valence-corrected chi connectivity index (χ4v) is 1.49. The highest BCUT2D eigenvalue weighted by molar-refractivity contribution is 5.98. The maximum Gasteiger partial charge on any atom is 0.337 e. The molecule has 0 aromatic heterocycles. The standard InChI is InChI=1S/C13H16N2O5/c1-7(14-8(2)16)12(18)15-10-5-4-9(6-11(10)17)13(19)20-3/h4-7,17H,1-3H3,(H,14,16)(H,15,18)/t7-/m0/s1. The Hall–Kier alpha value is -2.57. The fourth-order valence-electron chi connectivity index (χ4n) is 1.49. The first kappa shape index (κ1) is 15.5. The fraction of sp³-hybridized carbons (Fsp3) is 0.308. The zero-order valence-corrected chi connectivity index (χ0v) is 11.4. The molecule has 0 fully saturated rings. The van der Waals surface area contributed by atoms with Gasteiger partial charge in [-0.1, -0.05) is 0 Å². The Labute approximate surface area is 115 Å². The van der Waals surface area contributed by atoms with Crippen LogP contribution in [0.2, 0.25) is 0 Å². The minimum atomic E-state index is -0.743. The molecule has 7 nitrogen and oxygen atoms in total. The molecule has 0 aliphatic heterocycles. The molecule has 7 heteroatoms. The number of nitrogens with one attached hydrogen (secondary N) is 2. The van der Waals surface area contributed by atoms with Crippen LogP contribution in [-0.4, -0.2) is 36.0 Å². The van der Waals surface area contributed by atoms with Crippen LogP contribution in [0.3, 0.4) is 0 Å². The Kier molecular flexibility index (Phi) is 5.08. The number of carbonyl (C=O) groups excluding carboxylic acids is 3. The summed E-state index contributed by atoms with van der Waals surface area (Å²) in [5.74, 6) is -1.68. The number of amides is 2. The van der Waals surface area contributed by atoms with E-state index in [1.165, 1.54) is 39.2 Å². The van der Waals surface area contributed by atoms with Crippen LogP contribution in [0.25, 0.3) is 0 Å². The number of rotatable bonds is 4. The average molecular weight is 280 g/mol. The minimum Gasteiger partial charge on any atom is -0.506 e. The first-order valence-corrected chi connectivity index (χ1v) is 5.84. The summed E-state index contributed by atoms with van der Waals surface area (Å²) in [7, 11) is 1.23. The van der Waals surface area contributed by atoms with Crippen LogP contribution in [0, 0.1) is 0 Å². The molecule has 0 unspecified atom stereocenters. The summed E-state index contributed by atoms with van der Waals surface area (Å²) in [6.07, 6.45) is 0. The lowest BCUT2D eigenvalue weighted by Gasteiger charge is -2.14. The predicted octanol–water partition coefficient (Wildman–Crippen LogP) is 0.642. The van der Waals surface area contributed by atoms with E-state index in [1.54, 1.807) is 0 Å². The van der Waals surface area contributed by atoms with Crippen molar-refractivity contribution in [3.05, 3.63) is 23.8 Å². The summed E-state index contributed by atoms with van der Waals surface area (Å²) >= 11 is 0. The van der Waals surface area contributed by atoms with Crippen molar-refractivity contribution < 1.29 is 24.2 Å². The average Bonchev–Trinajstić information content (AvgIpc) is 2.39. The van der Waals surface area contributed by atoms with Crippen LogP contribution in [0.5, 0.6) is 5.75 Å². The van der Waals surface area contributed by atoms with Gasteiger partial charge in [-0.25, -0.2) is 4.79 Å². The van der Waals surface area contributed by atoms with E-state index in [0.29, 0.717) is 0 Å². The number of phenols is 1. The molecule has 1 aromatic rings. The van der Waals surface area contributed by atoms with Crippen molar-refractivity contribution in [2.45, 2.75) is 19.9 Å². The lowest BCUT2D eigenvalue weighted by Crippen LogP contribution is -2.40. The third-order valence-corrected chi connectivity index (χ3v) is 2.49. The molecule has 0 saturated heterocycles. The van der Waals surface area contributed by atoms with Gasteiger partial charge in [0.15, 0.2) is 0 Å². The van der Waals surface area contributed by atoms with E-state index in [0.717, 1.165) is 0 Å². The molecule has 0 spiro atoms. The van der Waals surface area contributed by atoms with Crippen molar-refractivity contribution in [3.8, 4) is 5.75 Å². The van der Waals surface area contributed by atoms with Gasteiger partial charge in [-0.3, -0.25) is 9.59 Å². The Morgan fingerprint density at radius 3 is 2.45 bits per heavy atom. The molecule has 108 valence electrons. The van der Waals surface area contributed by atoms with Gasteiger partial charge in [-0.15, -0.1) is 0 Å². The van der Waals surface area contributed by atoms with Crippen molar-refractivity contribution >= 4 is 23.5 Å². The maximum absolute atomic E-state index is 11.7. The number of methoxy groups -OCH3 is 1. The molecule has 3 N–H and O–H groups in total. The molecule has 0 bridgehead atoms. The molecule has 0 heterocycles. The van der Waals surface area contributed by atoms with Crippen LogP contribution in [-0.2, 0) is 14.3 Å². The molecule has 0 radical (unpaired) electrons. The quantitative estimate of drug-likeness (QED) is 0.554. The highest BCUT2D eigenvalue weighted by Crippen LogP contribution is 2.24. The van der Waals surface area contributed by atoms with Gasteiger partial charge in [0, 0.05) is 6.92 Å². The first-order valence-electron chi connectivity index (χ1n) is 5.84. The monoisotopic (exact) mass is 280 g/mol. The normalized spacial score (nSPS) is 11.3. The van der Waals surface area contributed by atoms with Gasteiger partial charge in [0.05, 0.1) is 18.4 Å². The van der Waals surface area contributed by atoms with Gasteiger partial charge in [0.2, 0.25) is 11.8 Å². The molecule has 0 aliphatic carbocycles. The van der Waals surface area contributed by atoms with Gasteiger partial charge in [0.1, 0.15) is 11.8 Å². The van der Waals surface area contributed by atoms with E-state index in [2.05, 4.69) is 15.4 Å². The second kappa shape index (κ2) is 6.55. The van der Waals surface area contributed by atoms with Crippen LogP contribution in [0.15, 0.2) is 18.2 Å². The number of carbonyl (C=O) groups is 3. The molecule has 1 rings (SSSR count). The largest absolute Gasteiger partial charge is 0.506 e. The summed E-state index contributed by atoms with van der Waals surface area (Å²) in [5.41, 5.74) is 0.303. The molecule has 0 aliphatic rings. The highest BCUT2D eigenvalue weighted by atomic mass is 16.5. The molecule has 1 aromatic carbocycles. The number of aromatic hydroxyl groups is 1. The second-order valence-electron chi connectivity index (χ2n) is 4.13. The van der Waals surface area contributed by atoms with Crippen LogP contribution >= 0.6 is 0 Å². The lowest BCUT2D eigenvalue weighted by atomic mass is 10.2. The molecule has 0 saturated carbocycles. The second-order valence-corrected chi connectivity index (χ2v) is 4.13. The summed E-state index contributed by atoms with van der Waals surface area (Å²) < 4.78 is 4.51. The number of hydrogen-bond acceptors (Lipinski definition) is 5. The number of benzene rings is 1. The Balaban J connectivity index is 2.81. The topological polar surface area (TPSA) is 105 Å². The van der Waals surface area contributed by atoms with Crippen LogP contribution < -0.4 is 10.6 Å². The summed E-state index contributed by atoms with van der Waals surface area (Å²) in [6, 6.07) is 3.22. The van der Waals surface area contributed by atoms with Crippen LogP contribution in [0.4, 0.5) is 5.69 Å². The predicted molar refractivity (Wildman–Crippen MR) is 71.4 cm³/mol. The Morgan fingerprint density at radius 1 is 1.30 bits per heavy atom. The van der Waals surface area contributed by atoms with Crippen molar-refractivity contribution in [1.29, 1.82) is 0 Å². The third kappa shape index (κ3) is 3.98. The van der Waals surface area contributed by atoms with Gasteiger partial charge >= 0.3 is 5.97 Å². The smallest absolute Gasteiger partial charge is 0.337 e. The number of ether oxygens (including phenoxy) is 1. The van der Waals surface area contributed by atoms with Crippen molar-refractivity contribution in [3.63, 3.8) is 0 Å². The van der Waals surface area contributed by atoms with Crippen molar-refractivity contribution in [1.82, 2.24) is 5.32 Å². The number of esters is 1. The molecule has 20 heavy (non-hydrogen) atoms. The number of phenolic OH excluding ortho intramolecular Hbond substituents is 1.